The molecule has 2 rings (SSSR count). The van der Waals surface area contributed by atoms with E-state index in [4.69, 9.17) is 9.47 Å². The maximum absolute atomic E-state index is 11.8. The highest BCUT2D eigenvalue weighted by Crippen LogP contribution is 2.10. The minimum absolute atomic E-state index is 0.0198. The molecule has 0 saturated carbocycles. The minimum atomic E-state index is -0.685. The summed E-state index contributed by atoms with van der Waals surface area (Å²) in [6.07, 6.45) is 1.64. The third-order valence-corrected chi connectivity index (χ3v) is 3.67. The van der Waals surface area contributed by atoms with Gasteiger partial charge in [-0.2, -0.15) is 0 Å². The van der Waals surface area contributed by atoms with Crippen LogP contribution in [0.1, 0.15) is 24.8 Å². The zero-order valence-electron chi connectivity index (χ0n) is 13.5. The lowest BCUT2D eigenvalue weighted by atomic mass is 10.2. The number of carbonyl (C=O) groups excluding carboxylic acids is 3. The fourth-order valence-electron chi connectivity index (χ4n) is 2.30. The zero-order chi connectivity index (χ0) is 17.4. The van der Waals surface area contributed by atoms with Crippen molar-refractivity contribution in [3.63, 3.8) is 0 Å². The summed E-state index contributed by atoms with van der Waals surface area (Å²) in [6.45, 7) is 4.28. The van der Waals surface area contributed by atoms with Gasteiger partial charge in [-0.05, 0) is 12.0 Å². The van der Waals surface area contributed by atoms with E-state index in [1.165, 1.54) is 4.90 Å². The van der Waals surface area contributed by atoms with Gasteiger partial charge < -0.3 is 14.4 Å². The molecule has 6 heteroatoms. The average molecular weight is 331 g/mol. The second-order valence-electron chi connectivity index (χ2n) is 5.56. The molecule has 1 heterocycles. The Bertz CT molecular complexity index is 611. The van der Waals surface area contributed by atoms with E-state index in [1.807, 2.05) is 30.3 Å². The molecule has 0 bridgehead atoms. The molecule has 0 radical (unpaired) electrons. The number of hydrogen-bond donors (Lipinski definition) is 0. The summed E-state index contributed by atoms with van der Waals surface area (Å²) in [7, 11) is 0. The molecule has 1 aliphatic rings. The van der Waals surface area contributed by atoms with Gasteiger partial charge in [0.15, 0.2) is 6.73 Å². The van der Waals surface area contributed by atoms with E-state index >= 15 is 0 Å². The highest BCUT2D eigenvalue weighted by atomic mass is 16.5. The van der Waals surface area contributed by atoms with Crippen molar-refractivity contribution in [1.82, 2.24) is 4.90 Å². The molecule has 128 valence electrons. The number of amides is 1. The SMILES string of the molecule is C=C(CC(=O)OCCc1ccccc1)C(=O)OCN1CCCC1=O. The van der Waals surface area contributed by atoms with Crippen molar-refractivity contribution >= 4 is 17.8 Å². The molecule has 1 aromatic carbocycles. The number of esters is 2. The Morgan fingerprint density at radius 3 is 2.58 bits per heavy atom. The summed E-state index contributed by atoms with van der Waals surface area (Å²) < 4.78 is 10.1. The van der Waals surface area contributed by atoms with Crippen LogP contribution in [-0.4, -0.2) is 42.6 Å². The van der Waals surface area contributed by atoms with E-state index in [2.05, 4.69) is 6.58 Å². The van der Waals surface area contributed by atoms with Gasteiger partial charge in [-0.15, -0.1) is 0 Å². The Hall–Kier alpha value is -2.63. The third kappa shape index (κ3) is 5.53. The molecule has 6 nitrogen and oxygen atoms in total. The van der Waals surface area contributed by atoms with Gasteiger partial charge in [0.1, 0.15) is 0 Å². The summed E-state index contributed by atoms with van der Waals surface area (Å²) in [4.78, 5) is 36.3. The Morgan fingerprint density at radius 1 is 1.17 bits per heavy atom. The third-order valence-electron chi connectivity index (χ3n) is 3.67. The van der Waals surface area contributed by atoms with Gasteiger partial charge in [-0.25, -0.2) is 4.79 Å². The number of carbonyl (C=O) groups is 3. The summed E-state index contributed by atoms with van der Waals surface area (Å²) in [5.41, 5.74) is 1.09. The highest BCUT2D eigenvalue weighted by molar-refractivity contribution is 5.93. The van der Waals surface area contributed by atoms with Crippen molar-refractivity contribution in [2.75, 3.05) is 19.9 Å². The average Bonchev–Trinajstić information content (AvgIpc) is 2.98. The Labute approximate surface area is 141 Å². The number of hydrogen-bond acceptors (Lipinski definition) is 5. The second-order valence-corrected chi connectivity index (χ2v) is 5.56. The van der Waals surface area contributed by atoms with Crippen LogP contribution in [0.25, 0.3) is 0 Å². The minimum Gasteiger partial charge on any atom is -0.465 e. The predicted molar refractivity (Wildman–Crippen MR) is 86.8 cm³/mol. The molecule has 1 fully saturated rings. The summed E-state index contributed by atoms with van der Waals surface area (Å²) in [6, 6.07) is 9.65. The summed E-state index contributed by atoms with van der Waals surface area (Å²) in [5, 5.41) is 0. The molecular weight excluding hydrogens is 310 g/mol. The van der Waals surface area contributed by atoms with E-state index < -0.39 is 11.9 Å². The zero-order valence-corrected chi connectivity index (χ0v) is 13.5. The molecule has 1 aromatic rings. The maximum atomic E-state index is 11.8. The summed E-state index contributed by atoms with van der Waals surface area (Å²) >= 11 is 0. The van der Waals surface area contributed by atoms with Crippen LogP contribution in [0, 0.1) is 0 Å². The number of benzene rings is 1. The molecule has 1 amide bonds. The van der Waals surface area contributed by atoms with Crippen molar-refractivity contribution in [3.8, 4) is 0 Å². The molecule has 0 atom stereocenters. The Kier molecular flexibility index (Phi) is 6.54. The standard InChI is InChI=1S/C18H21NO5/c1-14(18(22)24-13-19-10-5-8-16(19)20)12-17(21)23-11-9-15-6-3-2-4-7-15/h2-4,6-7H,1,5,8-13H2. The predicted octanol–water partition coefficient (Wildman–Crippen LogP) is 1.84. The van der Waals surface area contributed by atoms with E-state index in [1.54, 1.807) is 0 Å². The molecule has 0 spiro atoms. The largest absolute Gasteiger partial charge is 0.465 e. The number of likely N-dealkylation sites (tertiary alicyclic amines) is 1. The van der Waals surface area contributed by atoms with E-state index in [0.29, 0.717) is 19.4 Å². The van der Waals surface area contributed by atoms with Crippen molar-refractivity contribution in [2.24, 2.45) is 0 Å². The van der Waals surface area contributed by atoms with Gasteiger partial charge in [0.05, 0.1) is 13.0 Å². The topological polar surface area (TPSA) is 72.9 Å². The van der Waals surface area contributed by atoms with E-state index in [9.17, 15) is 14.4 Å². The number of rotatable bonds is 8. The first-order valence-corrected chi connectivity index (χ1v) is 7.88. The lowest BCUT2D eigenvalue weighted by molar-refractivity contribution is -0.150. The van der Waals surface area contributed by atoms with Crippen LogP contribution in [0.15, 0.2) is 42.5 Å². The monoisotopic (exact) mass is 331 g/mol. The molecular formula is C18H21NO5. The smallest absolute Gasteiger partial charge is 0.335 e. The van der Waals surface area contributed by atoms with Gasteiger partial charge in [-0.1, -0.05) is 36.9 Å². The second kappa shape index (κ2) is 8.86. The van der Waals surface area contributed by atoms with Crippen LogP contribution in [0.5, 0.6) is 0 Å². The first kappa shape index (κ1) is 17.7. The number of ether oxygens (including phenoxy) is 2. The molecule has 24 heavy (non-hydrogen) atoms. The quantitative estimate of drug-likeness (QED) is 0.537. The van der Waals surface area contributed by atoms with Crippen LogP contribution < -0.4 is 0 Å². The summed E-state index contributed by atoms with van der Waals surface area (Å²) in [5.74, 6) is -1.24. The van der Waals surface area contributed by atoms with Gasteiger partial charge in [0.2, 0.25) is 5.91 Å². The fraction of sp³-hybridized carbons (Fsp3) is 0.389. The van der Waals surface area contributed by atoms with Crippen LogP contribution in [-0.2, 0) is 30.3 Å². The molecule has 0 aromatic heterocycles. The van der Waals surface area contributed by atoms with Crippen molar-refractivity contribution in [3.05, 3.63) is 48.0 Å². The van der Waals surface area contributed by atoms with E-state index in [0.717, 1.165) is 12.0 Å². The highest BCUT2D eigenvalue weighted by Gasteiger charge is 2.22. The Morgan fingerprint density at radius 2 is 1.92 bits per heavy atom. The van der Waals surface area contributed by atoms with Crippen LogP contribution in [0.2, 0.25) is 0 Å². The van der Waals surface area contributed by atoms with Crippen LogP contribution >= 0.6 is 0 Å². The van der Waals surface area contributed by atoms with E-state index in [-0.39, 0.29) is 31.2 Å². The fourth-order valence-corrected chi connectivity index (χ4v) is 2.30. The first-order valence-electron chi connectivity index (χ1n) is 7.88. The molecule has 0 unspecified atom stereocenters. The molecule has 0 N–H and O–H groups in total. The lowest BCUT2D eigenvalue weighted by Crippen LogP contribution is -2.29. The molecule has 0 aliphatic carbocycles. The van der Waals surface area contributed by atoms with Gasteiger partial charge in [-0.3, -0.25) is 9.59 Å². The maximum Gasteiger partial charge on any atom is 0.335 e. The molecule has 1 aliphatic heterocycles. The van der Waals surface area contributed by atoms with Crippen molar-refractivity contribution < 1.29 is 23.9 Å². The number of nitrogens with zero attached hydrogens (tertiary/aromatic N) is 1. The van der Waals surface area contributed by atoms with Crippen molar-refractivity contribution in [2.45, 2.75) is 25.7 Å². The van der Waals surface area contributed by atoms with Gasteiger partial charge in [0.25, 0.3) is 0 Å². The first-order chi connectivity index (χ1) is 11.6. The Balaban J connectivity index is 1.64. The lowest BCUT2D eigenvalue weighted by Gasteiger charge is -2.15. The van der Waals surface area contributed by atoms with Crippen LogP contribution in [0.3, 0.4) is 0 Å². The molecule has 1 saturated heterocycles. The van der Waals surface area contributed by atoms with Gasteiger partial charge in [0, 0.05) is 25.0 Å². The van der Waals surface area contributed by atoms with Gasteiger partial charge >= 0.3 is 11.9 Å². The van der Waals surface area contributed by atoms with Crippen molar-refractivity contribution in [1.29, 1.82) is 0 Å². The van der Waals surface area contributed by atoms with Crippen LogP contribution in [0.4, 0.5) is 0 Å². The normalized spacial score (nSPS) is 13.7.